The Kier molecular flexibility index (Phi) is 3.70. The van der Waals surface area contributed by atoms with Crippen LogP contribution in [-0.4, -0.2) is 5.11 Å². The maximum atomic E-state index is 11.6. The molecule has 0 saturated carbocycles. The lowest BCUT2D eigenvalue weighted by Gasteiger charge is -2.05. The second-order valence-electron chi connectivity index (χ2n) is 5.55. The molecule has 0 aliphatic heterocycles. The molecule has 0 fully saturated rings. The van der Waals surface area contributed by atoms with Gasteiger partial charge in [0.2, 0.25) is 0 Å². The first-order valence-corrected chi connectivity index (χ1v) is 7.21. The quantitative estimate of drug-likeness (QED) is 0.543. The normalized spacial score (nSPS) is 11.4. The van der Waals surface area contributed by atoms with E-state index < -0.39 is 5.63 Å². The third-order valence-corrected chi connectivity index (χ3v) is 3.68. The molecule has 1 heterocycles. The summed E-state index contributed by atoms with van der Waals surface area (Å²) >= 11 is 0. The molecule has 0 amide bonds. The molecule has 0 atom stereocenters. The molecule has 0 aliphatic rings. The zero-order chi connectivity index (χ0) is 16.6. The van der Waals surface area contributed by atoms with Gasteiger partial charge in [0, 0.05) is 11.5 Å². The number of phenolic OH excluding ortho intramolecular Hbond substituents is 1. The zero-order valence-corrected chi connectivity index (χ0v) is 13.1. The van der Waals surface area contributed by atoms with Crippen molar-refractivity contribution in [2.45, 2.75) is 20.8 Å². The predicted octanol–water partition coefficient (Wildman–Crippen LogP) is 4.84. The Labute approximate surface area is 132 Å². The van der Waals surface area contributed by atoms with E-state index in [1.54, 1.807) is 13.0 Å². The number of fused-ring (bicyclic) bond motifs is 1. The van der Waals surface area contributed by atoms with Crippen LogP contribution < -0.4 is 5.63 Å². The van der Waals surface area contributed by atoms with Crippen LogP contribution >= 0.6 is 0 Å². The summed E-state index contributed by atoms with van der Waals surface area (Å²) in [7, 11) is 0. The van der Waals surface area contributed by atoms with Gasteiger partial charge in [0.1, 0.15) is 5.75 Å². The average molecular weight is 308 g/mol. The first kappa shape index (κ1) is 15.0. The van der Waals surface area contributed by atoms with E-state index >= 15 is 0 Å². The highest BCUT2D eigenvalue weighted by Gasteiger charge is 2.12. The van der Waals surface area contributed by atoms with E-state index in [9.17, 15) is 9.90 Å². The van der Waals surface area contributed by atoms with Gasteiger partial charge in [-0.05, 0) is 50.1 Å². The minimum Gasteiger partial charge on any atom is -0.505 e. The number of rotatable bonds is 2. The second kappa shape index (κ2) is 5.68. The van der Waals surface area contributed by atoms with E-state index in [0.717, 1.165) is 22.1 Å². The summed E-state index contributed by atoms with van der Waals surface area (Å²) in [6.45, 7) is 5.75. The number of aryl methyl sites for hydroxylation is 3. The van der Waals surface area contributed by atoms with Gasteiger partial charge in [0.15, 0.2) is 11.3 Å². The number of hydrogen-bond donors (Lipinski definition) is 1. The number of hydrogen-bond acceptors (Lipinski definition) is 5. The average Bonchev–Trinajstić information content (AvgIpc) is 2.47. The number of nitrogens with zero attached hydrogens (tertiary/aromatic N) is 2. The number of phenols is 1. The summed E-state index contributed by atoms with van der Waals surface area (Å²) in [5.74, 6) is -0.0836. The van der Waals surface area contributed by atoms with Crippen molar-refractivity contribution in [2.75, 3.05) is 0 Å². The van der Waals surface area contributed by atoms with Crippen LogP contribution in [0.1, 0.15) is 16.7 Å². The van der Waals surface area contributed by atoms with Crippen LogP contribution in [0.2, 0.25) is 0 Å². The van der Waals surface area contributed by atoms with E-state index in [1.165, 1.54) is 12.1 Å². The van der Waals surface area contributed by atoms with E-state index in [4.69, 9.17) is 4.42 Å². The Morgan fingerprint density at radius 2 is 1.74 bits per heavy atom. The lowest BCUT2D eigenvalue weighted by molar-refractivity contribution is 0.474. The van der Waals surface area contributed by atoms with E-state index in [-0.39, 0.29) is 17.0 Å². The molecular weight excluding hydrogens is 292 g/mol. The Bertz CT molecular complexity index is 987. The highest BCUT2D eigenvalue weighted by Crippen LogP contribution is 2.36. The molecule has 0 radical (unpaired) electrons. The van der Waals surface area contributed by atoms with Crippen LogP contribution in [-0.2, 0) is 0 Å². The number of benzene rings is 2. The Hall–Kier alpha value is -2.95. The zero-order valence-electron chi connectivity index (χ0n) is 13.1. The van der Waals surface area contributed by atoms with Crippen molar-refractivity contribution in [1.29, 1.82) is 0 Å². The largest absolute Gasteiger partial charge is 0.505 e. The van der Waals surface area contributed by atoms with Gasteiger partial charge in [0.05, 0.1) is 5.69 Å². The smallest absolute Gasteiger partial charge is 0.336 e. The molecule has 0 bridgehead atoms. The SMILES string of the molecule is Cc1ccc(N=Nc2c(O)ccc3c(C)cc(=O)oc23)c(C)c1. The van der Waals surface area contributed by atoms with Crippen LogP contribution in [0.4, 0.5) is 11.4 Å². The third kappa shape index (κ3) is 2.85. The summed E-state index contributed by atoms with van der Waals surface area (Å²) in [5.41, 5.74) is 3.48. The maximum Gasteiger partial charge on any atom is 0.336 e. The molecule has 0 saturated heterocycles. The highest BCUT2D eigenvalue weighted by molar-refractivity contribution is 5.92. The topological polar surface area (TPSA) is 75.2 Å². The van der Waals surface area contributed by atoms with Crippen LogP contribution in [0.15, 0.2) is 55.8 Å². The highest BCUT2D eigenvalue weighted by atomic mass is 16.4. The Morgan fingerprint density at radius 1 is 0.957 bits per heavy atom. The lowest BCUT2D eigenvalue weighted by atomic mass is 10.1. The van der Waals surface area contributed by atoms with Gasteiger partial charge in [-0.2, -0.15) is 5.11 Å². The summed E-state index contributed by atoms with van der Waals surface area (Å²) < 4.78 is 5.22. The summed E-state index contributed by atoms with van der Waals surface area (Å²) in [5, 5.41) is 19.1. The van der Waals surface area contributed by atoms with Crippen LogP contribution in [0.5, 0.6) is 5.75 Å². The number of azo groups is 1. The Morgan fingerprint density at radius 3 is 2.48 bits per heavy atom. The molecule has 2 aromatic carbocycles. The minimum absolute atomic E-state index is 0.0836. The van der Waals surface area contributed by atoms with Crippen LogP contribution in [0, 0.1) is 20.8 Å². The van der Waals surface area contributed by atoms with Gasteiger partial charge >= 0.3 is 5.63 Å². The van der Waals surface area contributed by atoms with Crippen molar-refractivity contribution in [1.82, 2.24) is 0 Å². The summed E-state index contributed by atoms with van der Waals surface area (Å²) in [6.07, 6.45) is 0. The third-order valence-electron chi connectivity index (χ3n) is 3.68. The van der Waals surface area contributed by atoms with Crippen molar-refractivity contribution >= 4 is 22.3 Å². The minimum atomic E-state index is -0.483. The molecule has 0 unspecified atom stereocenters. The van der Waals surface area contributed by atoms with Gasteiger partial charge in [-0.1, -0.05) is 17.7 Å². The first-order valence-electron chi connectivity index (χ1n) is 7.21. The van der Waals surface area contributed by atoms with Crippen molar-refractivity contribution in [3.05, 3.63) is 63.5 Å². The molecular formula is C18H16N2O3. The van der Waals surface area contributed by atoms with Gasteiger partial charge < -0.3 is 9.52 Å². The summed E-state index contributed by atoms with van der Waals surface area (Å²) in [6, 6.07) is 10.4. The van der Waals surface area contributed by atoms with Gasteiger partial charge in [-0.25, -0.2) is 4.79 Å². The fourth-order valence-electron chi connectivity index (χ4n) is 2.48. The van der Waals surface area contributed by atoms with Crippen LogP contribution in [0.25, 0.3) is 11.0 Å². The molecule has 5 heteroatoms. The first-order chi connectivity index (χ1) is 11.0. The number of aromatic hydroxyl groups is 1. The van der Waals surface area contributed by atoms with E-state index in [2.05, 4.69) is 10.2 Å². The van der Waals surface area contributed by atoms with Gasteiger partial charge in [0.25, 0.3) is 0 Å². The van der Waals surface area contributed by atoms with Crippen molar-refractivity contribution in [3.63, 3.8) is 0 Å². The molecule has 0 spiro atoms. The van der Waals surface area contributed by atoms with Crippen LogP contribution in [0.3, 0.4) is 0 Å². The van der Waals surface area contributed by atoms with Crippen molar-refractivity contribution < 1.29 is 9.52 Å². The monoisotopic (exact) mass is 308 g/mol. The van der Waals surface area contributed by atoms with E-state index in [0.29, 0.717) is 5.69 Å². The molecule has 0 aliphatic carbocycles. The fraction of sp³-hybridized carbons (Fsp3) is 0.167. The second-order valence-corrected chi connectivity index (χ2v) is 5.55. The summed E-state index contributed by atoms with van der Waals surface area (Å²) in [4.78, 5) is 11.6. The molecule has 3 aromatic rings. The maximum absolute atomic E-state index is 11.6. The molecule has 1 N–H and O–H groups in total. The van der Waals surface area contributed by atoms with Crippen molar-refractivity contribution in [3.8, 4) is 5.75 Å². The molecule has 23 heavy (non-hydrogen) atoms. The van der Waals surface area contributed by atoms with E-state index in [1.807, 2.05) is 32.0 Å². The van der Waals surface area contributed by atoms with Gasteiger partial charge in [-0.15, -0.1) is 5.11 Å². The molecule has 1 aromatic heterocycles. The van der Waals surface area contributed by atoms with Gasteiger partial charge in [-0.3, -0.25) is 0 Å². The molecule has 5 nitrogen and oxygen atoms in total. The lowest BCUT2D eigenvalue weighted by Crippen LogP contribution is -1.97. The molecule has 116 valence electrons. The standard InChI is InChI=1S/C18H16N2O3/c1-10-4-6-14(12(3)8-10)19-20-17-15(21)7-5-13-11(2)9-16(22)23-18(13)17/h4-9,21H,1-3H3. The predicted molar refractivity (Wildman–Crippen MR) is 89.0 cm³/mol. The molecule has 3 rings (SSSR count). The Balaban J connectivity index is 2.17. The van der Waals surface area contributed by atoms with Crippen molar-refractivity contribution in [2.24, 2.45) is 10.2 Å². The fourth-order valence-corrected chi connectivity index (χ4v) is 2.48.